The molecule has 0 saturated carbocycles. The molecule has 142 valence electrons. The zero-order valence-corrected chi connectivity index (χ0v) is 13.5. The van der Waals surface area contributed by atoms with E-state index in [-0.39, 0.29) is 17.4 Å². The molecule has 0 bridgehead atoms. The van der Waals surface area contributed by atoms with Crippen LogP contribution < -0.4 is 15.6 Å². The standard InChI is InChI=1S/C12H13F6N3O3S/c1-7-5-3-4-6-8(7)25(23,24)21-20-9(22)19-10(2,11(13,14)15)12(16,17)18/h3-6,21H,1-2H3,(H2,19,20,22). The first kappa shape index (κ1) is 21.0. The molecule has 1 rings (SSSR count). The lowest BCUT2D eigenvalue weighted by atomic mass is 10.0. The van der Waals surface area contributed by atoms with Crippen molar-refractivity contribution in [3.8, 4) is 0 Å². The molecule has 1 aromatic rings. The van der Waals surface area contributed by atoms with Crippen molar-refractivity contribution in [3.63, 3.8) is 0 Å². The molecule has 0 aromatic heterocycles. The van der Waals surface area contributed by atoms with Gasteiger partial charge in [0.05, 0.1) is 4.90 Å². The Bertz CT molecular complexity index is 731. The molecule has 0 atom stereocenters. The molecule has 0 heterocycles. The number of alkyl halides is 6. The SMILES string of the molecule is Cc1ccccc1S(=O)(=O)NNC(=O)NC(C)(C(F)(F)F)C(F)(F)F. The fourth-order valence-electron chi connectivity index (χ4n) is 1.59. The minimum atomic E-state index is -5.86. The van der Waals surface area contributed by atoms with Crippen molar-refractivity contribution in [2.75, 3.05) is 0 Å². The molecule has 2 amide bonds. The summed E-state index contributed by atoms with van der Waals surface area (Å²) in [6, 6.07) is 3.35. The van der Waals surface area contributed by atoms with Crippen molar-refractivity contribution in [1.29, 1.82) is 0 Å². The summed E-state index contributed by atoms with van der Waals surface area (Å²) in [5.74, 6) is 0. The summed E-state index contributed by atoms with van der Waals surface area (Å²) in [5, 5.41) is 0.685. The first-order valence-corrected chi connectivity index (χ1v) is 7.89. The van der Waals surface area contributed by atoms with Crippen LogP contribution in [0.2, 0.25) is 0 Å². The number of hydrazine groups is 1. The number of sulfonamides is 1. The molecule has 0 aliphatic rings. The molecule has 0 fully saturated rings. The number of nitrogens with one attached hydrogen (secondary N) is 3. The fraction of sp³-hybridized carbons (Fsp3) is 0.417. The molecule has 0 aliphatic carbocycles. The van der Waals surface area contributed by atoms with Crippen molar-refractivity contribution in [2.45, 2.75) is 36.6 Å². The molecule has 25 heavy (non-hydrogen) atoms. The van der Waals surface area contributed by atoms with E-state index < -0.39 is 33.9 Å². The van der Waals surface area contributed by atoms with Crippen LogP contribution in [-0.2, 0) is 10.0 Å². The van der Waals surface area contributed by atoms with E-state index in [0.29, 0.717) is 5.32 Å². The van der Waals surface area contributed by atoms with Crippen LogP contribution in [0, 0.1) is 6.92 Å². The summed E-state index contributed by atoms with van der Waals surface area (Å²) in [5.41, 5.74) is -3.07. The Morgan fingerprint density at radius 2 is 1.48 bits per heavy atom. The van der Waals surface area contributed by atoms with E-state index in [1.807, 2.05) is 0 Å². The van der Waals surface area contributed by atoms with Gasteiger partial charge in [0, 0.05) is 0 Å². The third kappa shape index (κ3) is 4.54. The van der Waals surface area contributed by atoms with Gasteiger partial charge in [-0.05, 0) is 25.5 Å². The Kier molecular flexibility index (Phi) is 5.64. The predicted octanol–water partition coefficient (Wildman–Crippen LogP) is 2.37. The van der Waals surface area contributed by atoms with Gasteiger partial charge in [-0.15, -0.1) is 4.83 Å². The Hall–Kier alpha value is -2.02. The highest BCUT2D eigenvalue weighted by molar-refractivity contribution is 7.89. The number of hydrogen-bond donors (Lipinski definition) is 3. The first-order valence-electron chi connectivity index (χ1n) is 6.41. The quantitative estimate of drug-likeness (QED) is 0.542. The average Bonchev–Trinajstić information content (AvgIpc) is 2.43. The highest BCUT2D eigenvalue weighted by Crippen LogP contribution is 2.42. The highest BCUT2D eigenvalue weighted by Gasteiger charge is 2.68. The van der Waals surface area contributed by atoms with Crippen molar-refractivity contribution < 1.29 is 39.6 Å². The summed E-state index contributed by atoms with van der Waals surface area (Å²) in [6.07, 6.45) is -11.7. The number of rotatable bonds is 4. The van der Waals surface area contributed by atoms with Crippen LogP contribution in [0.4, 0.5) is 31.1 Å². The summed E-state index contributed by atoms with van der Waals surface area (Å²) in [4.78, 5) is 12.5. The second-order valence-corrected chi connectivity index (χ2v) is 6.72. The van der Waals surface area contributed by atoms with Gasteiger partial charge in [0.15, 0.2) is 0 Å². The number of hydrogen-bond acceptors (Lipinski definition) is 3. The predicted molar refractivity (Wildman–Crippen MR) is 73.7 cm³/mol. The van der Waals surface area contributed by atoms with E-state index in [0.717, 1.165) is 6.07 Å². The van der Waals surface area contributed by atoms with Crippen LogP contribution in [0.3, 0.4) is 0 Å². The van der Waals surface area contributed by atoms with E-state index in [4.69, 9.17) is 0 Å². The minimum Gasteiger partial charge on any atom is -0.315 e. The number of aryl methyl sites for hydroxylation is 1. The van der Waals surface area contributed by atoms with Gasteiger partial charge >= 0.3 is 18.4 Å². The second kappa shape index (κ2) is 6.71. The summed E-state index contributed by atoms with van der Waals surface area (Å²) >= 11 is 0. The maximum atomic E-state index is 12.7. The van der Waals surface area contributed by atoms with E-state index in [2.05, 4.69) is 0 Å². The van der Waals surface area contributed by atoms with Crippen LogP contribution in [0.1, 0.15) is 12.5 Å². The molecule has 13 heteroatoms. The van der Waals surface area contributed by atoms with Gasteiger partial charge in [0.25, 0.3) is 10.0 Å². The van der Waals surface area contributed by atoms with E-state index in [1.165, 1.54) is 35.4 Å². The van der Waals surface area contributed by atoms with Gasteiger partial charge in [-0.3, -0.25) is 5.43 Å². The molecule has 0 spiro atoms. The zero-order valence-electron chi connectivity index (χ0n) is 12.7. The number of halogens is 6. The zero-order chi connectivity index (χ0) is 19.7. The third-order valence-electron chi connectivity index (χ3n) is 3.18. The van der Waals surface area contributed by atoms with Crippen molar-refractivity contribution in [1.82, 2.24) is 15.6 Å². The Labute approximate surface area is 138 Å². The molecule has 0 unspecified atom stereocenters. The van der Waals surface area contributed by atoms with Crippen LogP contribution in [0.5, 0.6) is 0 Å². The molecular weight excluding hydrogens is 380 g/mol. The first-order chi connectivity index (χ1) is 11.1. The molecule has 1 aromatic carbocycles. The molecule has 0 aliphatic heterocycles. The maximum Gasteiger partial charge on any atom is 0.420 e. The van der Waals surface area contributed by atoms with Crippen LogP contribution in [-0.4, -0.2) is 32.3 Å². The number of urea groups is 1. The Morgan fingerprint density at radius 1 is 1.00 bits per heavy atom. The molecule has 3 N–H and O–H groups in total. The van der Waals surface area contributed by atoms with Crippen molar-refractivity contribution >= 4 is 16.1 Å². The number of carbonyl (C=O) groups is 1. The Balaban J connectivity index is 2.92. The minimum absolute atomic E-state index is 0.243. The lowest BCUT2D eigenvalue weighted by Gasteiger charge is -2.34. The van der Waals surface area contributed by atoms with Crippen LogP contribution in [0.15, 0.2) is 29.2 Å². The lowest BCUT2D eigenvalue weighted by Crippen LogP contribution is -2.67. The number of benzene rings is 1. The molecular formula is C12H13F6N3O3S. The van der Waals surface area contributed by atoms with Crippen LogP contribution >= 0.6 is 0 Å². The number of amides is 2. The smallest absolute Gasteiger partial charge is 0.315 e. The normalized spacial score (nSPS) is 13.4. The fourth-order valence-corrected chi connectivity index (χ4v) is 2.67. The molecule has 0 radical (unpaired) electrons. The van der Waals surface area contributed by atoms with E-state index in [1.54, 1.807) is 0 Å². The third-order valence-corrected chi connectivity index (χ3v) is 4.59. The summed E-state index contributed by atoms with van der Waals surface area (Å²) in [6.45, 7) is 1.11. The van der Waals surface area contributed by atoms with Gasteiger partial charge < -0.3 is 5.32 Å². The molecule has 0 saturated heterocycles. The van der Waals surface area contributed by atoms with Gasteiger partial charge in [-0.25, -0.2) is 13.2 Å². The summed E-state index contributed by atoms with van der Waals surface area (Å²) in [7, 11) is -4.40. The largest absolute Gasteiger partial charge is 0.420 e. The van der Waals surface area contributed by atoms with Gasteiger partial charge in [-0.2, -0.15) is 26.3 Å². The summed E-state index contributed by atoms with van der Waals surface area (Å²) < 4.78 is 99.7. The number of carbonyl (C=O) groups excluding carboxylic acids is 1. The van der Waals surface area contributed by atoms with Gasteiger partial charge in [0.1, 0.15) is 0 Å². The maximum absolute atomic E-state index is 12.7. The lowest BCUT2D eigenvalue weighted by molar-refractivity contribution is -0.297. The van der Waals surface area contributed by atoms with Gasteiger partial charge in [-0.1, -0.05) is 18.2 Å². The average molecular weight is 393 g/mol. The van der Waals surface area contributed by atoms with Crippen LogP contribution in [0.25, 0.3) is 0 Å². The van der Waals surface area contributed by atoms with Crippen molar-refractivity contribution in [2.24, 2.45) is 0 Å². The van der Waals surface area contributed by atoms with Crippen molar-refractivity contribution in [3.05, 3.63) is 29.8 Å². The topological polar surface area (TPSA) is 87.3 Å². The molecule has 6 nitrogen and oxygen atoms in total. The monoisotopic (exact) mass is 393 g/mol. The second-order valence-electron chi connectivity index (χ2n) is 5.07. The van der Waals surface area contributed by atoms with E-state index in [9.17, 15) is 39.6 Å². The van der Waals surface area contributed by atoms with E-state index >= 15 is 0 Å². The highest BCUT2D eigenvalue weighted by atomic mass is 32.2. The Morgan fingerprint density at radius 3 is 1.92 bits per heavy atom. The van der Waals surface area contributed by atoms with Gasteiger partial charge in [0.2, 0.25) is 5.54 Å².